The Morgan fingerprint density at radius 3 is 3.07 bits per heavy atom. The normalized spacial score (nSPS) is 17.7. The molecule has 78 valence electrons. The Morgan fingerprint density at radius 1 is 1.40 bits per heavy atom. The maximum absolute atomic E-state index is 8.38. The van der Waals surface area contributed by atoms with Gasteiger partial charge in [-0.2, -0.15) is 5.26 Å². The van der Waals surface area contributed by atoms with Crippen molar-refractivity contribution in [2.75, 3.05) is 13.1 Å². The molecule has 0 amide bonds. The number of rotatable bonds is 5. The van der Waals surface area contributed by atoms with Crippen LogP contribution in [-0.2, 0) is 6.42 Å². The van der Waals surface area contributed by atoms with E-state index in [0.717, 1.165) is 19.5 Å². The first kappa shape index (κ1) is 10.2. The summed E-state index contributed by atoms with van der Waals surface area (Å²) in [6.07, 6.45) is 2.83. The van der Waals surface area contributed by atoms with Gasteiger partial charge >= 0.3 is 0 Å². The van der Waals surface area contributed by atoms with E-state index in [1.54, 1.807) is 0 Å². The second-order valence-electron chi connectivity index (χ2n) is 4.07. The molecule has 1 aliphatic carbocycles. The van der Waals surface area contributed by atoms with Crippen LogP contribution in [0, 0.1) is 11.3 Å². The van der Waals surface area contributed by atoms with Crippen LogP contribution in [0.4, 0.5) is 0 Å². The highest BCUT2D eigenvalue weighted by atomic mass is 14.9. The van der Waals surface area contributed by atoms with Crippen LogP contribution in [0.2, 0.25) is 0 Å². The molecule has 2 rings (SSSR count). The van der Waals surface area contributed by atoms with Crippen molar-refractivity contribution in [3.63, 3.8) is 0 Å². The fraction of sp³-hybridized carbons (Fsp3) is 0.462. The molecule has 0 spiro atoms. The van der Waals surface area contributed by atoms with Crippen LogP contribution in [0.15, 0.2) is 24.3 Å². The van der Waals surface area contributed by atoms with Gasteiger partial charge in [0.15, 0.2) is 0 Å². The summed E-state index contributed by atoms with van der Waals surface area (Å²) >= 11 is 0. The van der Waals surface area contributed by atoms with Gasteiger partial charge in [0.25, 0.3) is 0 Å². The van der Waals surface area contributed by atoms with E-state index < -0.39 is 0 Å². The lowest BCUT2D eigenvalue weighted by Gasteiger charge is -2.30. The molecule has 15 heavy (non-hydrogen) atoms. The largest absolute Gasteiger partial charge is 0.316 e. The molecular formula is C13H16N2. The maximum Gasteiger partial charge on any atom is 0.0622 e. The van der Waals surface area contributed by atoms with E-state index in [1.807, 2.05) is 0 Å². The Morgan fingerprint density at radius 2 is 2.27 bits per heavy atom. The molecule has 2 nitrogen and oxygen atoms in total. The Kier molecular flexibility index (Phi) is 3.37. The maximum atomic E-state index is 8.38. The summed E-state index contributed by atoms with van der Waals surface area (Å²) in [4.78, 5) is 0. The lowest BCUT2D eigenvalue weighted by atomic mass is 9.77. The molecule has 0 aliphatic heterocycles. The van der Waals surface area contributed by atoms with Crippen molar-refractivity contribution >= 4 is 0 Å². The summed E-state index contributed by atoms with van der Waals surface area (Å²) in [5.41, 5.74) is 3.01. The highest BCUT2D eigenvalue weighted by Gasteiger charge is 2.24. The highest BCUT2D eigenvalue weighted by Crippen LogP contribution is 2.33. The van der Waals surface area contributed by atoms with Crippen molar-refractivity contribution in [1.82, 2.24) is 5.32 Å². The zero-order chi connectivity index (χ0) is 10.5. The lowest BCUT2D eigenvalue weighted by molar-refractivity contribution is 0.531. The Labute approximate surface area is 90.9 Å². The minimum atomic E-state index is 0.661. The van der Waals surface area contributed by atoms with Gasteiger partial charge in [-0.1, -0.05) is 24.3 Å². The zero-order valence-electron chi connectivity index (χ0n) is 8.87. The molecule has 0 heterocycles. The van der Waals surface area contributed by atoms with Crippen LogP contribution >= 0.6 is 0 Å². The van der Waals surface area contributed by atoms with Crippen molar-refractivity contribution in [3.8, 4) is 6.07 Å². The van der Waals surface area contributed by atoms with E-state index in [-0.39, 0.29) is 0 Å². The van der Waals surface area contributed by atoms with Gasteiger partial charge in [-0.05, 0) is 30.5 Å². The van der Waals surface area contributed by atoms with Gasteiger partial charge in [0.2, 0.25) is 0 Å². The molecule has 1 atom stereocenters. The topological polar surface area (TPSA) is 35.8 Å². The Balaban J connectivity index is 1.69. The van der Waals surface area contributed by atoms with Gasteiger partial charge in [-0.15, -0.1) is 0 Å². The molecule has 1 unspecified atom stereocenters. The molecule has 1 aliphatic rings. The number of fused-ring (bicyclic) bond motifs is 1. The van der Waals surface area contributed by atoms with Crippen LogP contribution in [0.5, 0.6) is 0 Å². The third kappa shape index (κ3) is 2.37. The van der Waals surface area contributed by atoms with Crippen LogP contribution in [0.1, 0.15) is 29.9 Å². The van der Waals surface area contributed by atoms with Crippen LogP contribution in [-0.4, -0.2) is 13.1 Å². The van der Waals surface area contributed by atoms with Gasteiger partial charge < -0.3 is 5.32 Å². The van der Waals surface area contributed by atoms with E-state index in [0.29, 0.717) is 12.3 Å². The van der Waals surface area contributed by atoms with Crippen LogP contribution in [0.25, 0.3) is 0 Å². The summed E-state index contributed by atoms with van der Waals surface area (Å²) in [6.45, 7) is 2.02. The molecule has 0 saturated carbocycles. The first-order chi connectivity index (χ1) is 7.42. The summed E-state index contributed by atoms with van der Waals surface area (Å²) in [5, 5.41) is 11.8. The molecule has 0 bridgehead atoms. The lowest BCUT2D eigenvalue weighted by Crippen LogP contribution is -2.29. The second kappa shape index (κ2) is 4.95. The first-order valence-corrected chi connectivity index (χ1v) is 5.57. The molecule has 1 aromatic rings. The molecule has 0 radical (unpaired) electrons. The number of benzene rings is 1. The van der Waals surface area contributed by atoms with Gasteiger partial charge in [-0.3, -0.25) is 0 Å². The molecule has 2 heteroatoms. The predicted octanol–water partition coefficient (Wildman–Crippen LogP) is 2.22. The first-order valence-electron chi connectivity index (χ1n) is 5.57. The highest BCUT2D eigenvalue weighted by molar-refractivity contribution is 5.40. The summed E-state index contributed by atoms with van der Waals surface area (Å²) in [5.74, 6) is 0.697. The van der Waals surface area contributed by atoms with Gasteiger partial charge in [0.1, 0.15) is 0 Å². The van der Waals surface area contributed by atoms with Gasteiger partial charge in [0, 0.05) is 18.9 Å². The summed E-state index contributed by atoms with van der Waals surface area (Å²) < 4.78 is 0. The van der Waals surface area contributed by atoms with E-state index in [4.69, 9.17) is 5.26 Å². The van der Waals surface area contributed by atoms with E-state index in [1.165, 1.54) is 17.5 Å². The molecule has 0 fully saturated rings. The van der Waals surface area contributed by atoms with Crippen molar-refractivity contribution in [2.24, 2.45) is 0 Å². The smallest absolute Gasteiger partial charge is 0.0622 e. The standard InChI is InChI=1S/C13H16N2/c14-7-3-4-8-15-10-12-9-11-5-1-2-6-13(11)12/h1-2,5-6,12,15H,3-4,8-10H2. The molecule has 1 N–H and O–H groups in total. The number of hydrogen-bond acceptors (Lipinski definition) is 2. The van der Waals surface area contributed by atoms with E-state index >= 15 is 0 Å². The van der Waals surface area contributed by atoms with Crippen LogP contribution in [0.3, 0.4) is 0 Å². The summed E-state index contributed by atoms with van der Waals surface area (Å²) in [7, 11) is 0. The van der Waals surface area contributed by atoms with Crippen molar-refractivity contribution < 1.29 is 0 Å². The predicted molar refractivity (Wildman–Crippen MR) is 60.6 cm³/mol. The zero-order valence-corrected chi connectivity index (χ0v) is 8.87. The van der Waals surface area contributed by atoms with Crippen molar-refractivity contribution in [1.29, 1.82) is 5.26 Å². The SMILES string of the molecule is N#CCCCNCC1Cc2ccccc21. The van der Waals surface area contributed by atoms with Gasteiger partial charge in [0.05, 0.1) is 6.07 Å². The number of nitrogens with zero attached hydrogens (tertiary/aromatic N) is 1. The van der Waals surface area contributed by atoms with Gasteiger partial charge in [-0.25, -0.2) is 0 Å². The Bertz CT molecular complexity index is 365. The van der Waals surface area contributed by atoms with E-state index in [2.05, 4.69) is 35.7 Å². The minimum Gasteiger partial charge on any atom is -0.316 e. The van der Waals surface area contributed by atoms with Crippen molar-refractivity contribution in [3.05, 3.63) is 35.4 Å². The molecule has 0 aromatic heterocycles. The number of hydrogen-bond donors (Lipinski definition) is 1. The van der Waals surface area contributed by atoms with Crippen LogP contribution < -0.4 is 5.32 Å². The fourth-order valence-corrected chi connectivity index (χ4v) is 2.11. The summed E-state index contributed by atoms with van der Waals surface area (Å²) in [6, 6.07) is 10.8. The number of nitrogens with one attached hydrogen (secondary N) is 1. The van der Waals surface area contributed by atoms with E-state index in [9.17, 15) is 0 Å². The molecule has 1 aromatic carbocycles. The fourth-order valence-electron chi connectivity index (χ4n) is 2.11. The monoisotopic (exact) mass is 200 g/mol. The Hall–Kier alpha value is -1.33. The third-order valence-corrected chi connectivity index (χ3v) is 2.99. The molecule has 0 saturated heterocycles. The average molecular weight is 200 g/mol. The van der Waals surface area contributed by atoms with Crippen molar-refractivity contribution in [2.45, 2.75) is 25.2 Å². The quantitative estimate of drug-likeness (QED) is 0.740. The number of nitriles is 1. The average Bonchev–Trinajstić information content (AvgIpc) is 2.24. The molecular weight excluding hydrogens is 184 g/mol. The minimum absolute atomic E-state index is 0.661. The third-order valence-electron chi connectivity index (χ3n) is 2.99. The number of unbranched alkanes of at least 4 members (excludes halogenated alkanes) is 1. The second-order valence-corrected chi connectivity index (χ2v) is 4.07.